The van der Waals surface area contributed by atoms with Crippen molar-refractivity contribution in [2.45, 2.75) is 46.4 Å². The van der Waals surface area contributed by atoms with Crippen LogP contribution < -0.4 is 10.5 Å². The third-order valence-electron chi connectivity index (χ3n) is 3.79. The molecule has 7 nitrogen and oxygen atoms in total. The van der Waals surface area contributed by atoms with Gasteiger partial charge in [-0.2, -0.15) is 0 Å². The number of sulfonamides is 1. The molecule has 3 N–H and O–H groups in total. The molecule has 0 saturated heterocycles. The van der Waals surface area contributed by atoms with Crippen LogP contribution in [0.5, 0.6) is 0 Å². The molecule has 10 heteroatoms. The van der Waals surface area contributed by atoms with Crippen molar-refractivity contribution in [3.8, 4) is 0 Å². The molecule has 0 fully saturated rings. The molecule has 2 atom stereocenters. The van der Waals surface area contributed by atoms with Gasteiger partial charge in [-0.05, 0) is 32.4 Å². The molecule has 2 heterocycles. The molecule has 0 saturated carbocycles. The number of primary sulfonamides is 1. The van der Waals surface area contributed by atoms with E-state index in [1.165, 1.54) is 6.07 Å². The number of thiophene rings is 1. The average molecular weight is 383 g/mol. The van der Waals surface area contributed by atoms with Crippen LogP contribution in [0.3, 0.4) is 0 Å². The third-order valence-corrected chi connectivity index (χ3v) is 9.16. The quantitative estimate of drug-likeness (QED) is 0.680. The number of hydrogen-bond donors (Lipinski definition) is 2. The summed E-state index contributed by atoms with van der Waals surface area (Å²) in [5, 5.41) is 7.80. The summed E-state index contributed by atoms with van der Waals surface area (Å²) in [4.78, 5) is 0. The molecule has 1 aliphatic heterocycles. The first kappa shape index (κ1) is 18.8. The second-order valence-corrected chi connectivity index (χ2v) is 10.6. The minimum Gasteiger partial charge on any atom is -0.382 e. The van der Waals surface area contributed by atoms with E-state index >= 15 is 0 Å². The number of sulfone groups is 1. The van der Waals surface area contributed by atoms with E-state index in [4.69, 9.17) is 9.88 Å². The van der Waals surface area contributed by atoms with Crippen LogP contribution in [0.1, 0.15) is 38.3 Å². The van der Waals surface area contributed by atoms with Gasteiger partial charge in [-0.3, -0.25) is 0 Å². The normalized spacial score (nSPS) is 23.6. The number of fused-ring (bicyclic) bond motifs is 1. The fraction of sp³-hybridized carbons (Fsp3) is 0.692. The lowest BCUT2D eigenvalue weighted by atomic mass is 10.0. The Hall–Kier alpha value is -0.520. The Kier molecular flexibility index (Phi) is 5.85. The minimum atomic E-state index is -3.92. The Bertz CT molecular complexity index is 755. The second-order valence-electron chi connectivity index (χ2n) is 5.35. The van der Waals surface area contributed by atoms with Crippen LogP contribution in [0.2, 0.25) is 0 Å². The largest absolute Gasteiger partial charge is 0.382 e. The topological polar surface area (TPSA) is 116 Å². The fourth-order valence-electron chi connectivity index (χ4n) is 2.71. The molecule has 23 heavy (non-hydrogen) atoms. The van der Waals surface area contributed by atoms with E-state index in [-0.39, 0.29) is 14.5 Å². The van der Waals surface area contributed by atoms with E-state index in [9.17, 15) is 16.8 Å². The van der Waals surface area contributed by atoms with Gasteiger partial charge in [0.15, 0.2) is 9.84 Å². The van der Waals surface area contributed by atoms with Gasteiger partial charge < -0.3 is 10.1 Å². The zero-order valence-corrected chi connectivity index (χ0v) is 15.6. The summed E-state index contributed by atoms with van der Waals surface area (Å²) < 4.78 is 54.0. The van der Waals surface area contributed by atoms with Crippen molar-refractivity contribution in [1.82, 2.24) is 5.32 Å². The van der Waals surface area contributed by atoms with E-state index < -0.39 is 25.1 Å². The summed E-state index contributed by atoms with van der Waals surface area (Å²) in [6, 6.07) is 1.19. The lowest BCUT2D eigenvalue weighted by molar-refractivity contribution is 0.142. The molecule has 0 amide bonds. The van der Waals surface area contributed by atoms with Gasteiger partial charge in [0.1, 0.15) is 8.42 Å². The Morgan fingerprint density at radius 1 is 1.43 bits per heavy atom. The number of nitrogens with one attached hydrogen (secondary N) is 1. The molecule has 0 aliphatic carbocycles. The maximum Gasteiger partial charge on any atom is 0.247 e. The molecular weight excluding hydrogens is 360 g/mol. The van der Waals surface area contributed by atoms with Crippen molar-refractivity contribution >= 4 is 31.2 Å². The van der Waals surface area contributed by atoms with E-state index in [1.54, 1.807) is 0 Å². The predicted octanol–water partition coefficient (Wildman–Crippen LogP) is 1.02. The Labute approximate surface area is 141 Å². The molecule has 1 aromatic heterocycles. The van der Waals surface area contributed by atoms with Gasteiger partial charge in [-0.15, -0.1) is 11.3 Å². The standard InChI is InChI=1S/C13H22N2O5S3/c1-3-15-11-7-9(5-6-20-4-2)22(16,17)13-10(11)8-12(21-13)23(14,18)19/h8-9,11,15H,3-7H2,1-2H3,(H2,14,18,19). The molecule has 0 aromatic carbocycles. The summed E-state index contributed by atoms with van der Waals surface area (Å²) in [7, 11) is -7.50. The molecule has 2 unspecified atom stereocenters. The van der Waals surface area contributed by atoms with Gasteiger partial charge in [0, 0.05) is 24.8 Å². The van der Waals surface area contributed by atoms with Crippen molar-refractivity contribution in [3.63, 3.8) is 0 Å². The van der Waals surface area contributed by atoms with Crippen LogP contribution in [0.15, 0.2) is 14.5 Å². The van der Waals surface area contributed by atoms with Crippen LogP contribution in [-0.2, 0) is 24.6 Å². The molecule has 1 aliphatic rings. The highest BCUT2D eigenvalue weighted by atomic mass is 32.3. The van der Waals surface area contributed by atoms with Gasteiger partial charge in [-0.1, -0.05) is 6.92 Å². The molecule has 2 rings (SSSR count). The van der Waals surface area contributed by atoms with E-state index in [0.29, 0.717) is 38.2 Å². The smallest absolute Gasteiger partial charge is 0.247 e. The van der Waals surface area contributed by atoms with E-state index in [2.05, 4.69) is 5.32 Å². The SMILES string of the molecule is CCNC1CC(CCOCC)S(=O)(=O)c2sc(S(N)(=O)=O)cc21. The highest BCUT2D eigenvalue weighted by molar-refractivity contribution is 7.95. The molecule has 1 aromatic rings. The first-order valence-corrected chi connectivity index (χ1v) is 11.3. The highest BCUT2D eigenvalue weighted by Crippen LogP contribution is 2.43. The number of hydrogen-bond acceptors (Lipinski definition) is 7. The second kappa shape index (κ2) is 7.16. The van der Waals surface area contributed by atoms with Gasteiger partial charge in [0.05, 0.1) is 5.25 Å². The van der Waals surface area contributed by atoms with Crippen molar-refractivity contribution in [2.24, 2.45) is 5.14 Å². The summed E-state index contributed by atoms with van der Waals surface area (Å²) in [5.74, 6) is 0. The summed E-state index contributed by atoms with van der Waals surface area (Å²) in [5.41, 5.74) is 0.508. The fourth-order valence-corrected chi connectivity index (χ4v) is 7.39. The monoisotopic (exact) mass is 382 g/mol. The van der Waals surface area contributed by atoms with Crippen molar-refractivity contribution < 1.29 is 21.6 Å². The molecule has 0 spiro atoms. The maximum absolute atomic E-state index is 12.8. The number of ether oxygens (including phenoxy) is 1. The Balaban J connectivity index is 2.44. The Morgan fingerprint density at radius 2 is 2.13 bits per heavy atom. The van der Waals surface area contributed by atoms with E-state index in [0.717, 1.165) is 11.3 Å². The van der Waals surface area contributed by atoms with Crippen LogP contribution in [0.25, 0.3) is 0 Å². The van der Waals surface area contributed by atoms with Crippen LogP contribution in [0.4, 0.5) is 0 Å². The highest BCUT2D eigenvalue weighted by Gasteiger charge is 2.41. The summed E-state index contributed by atoms with van der Waals surface area (Å²) in [6.45, 7) is 5.33. The third kappa shape index (κ3) is 3.94. The van der Waals surface area contributed by atoms with Gasteiger partial charge in [-0.25, -0.2) is 22.0 Å². The van der Waals surface area contributed by atoms with Crippen LogP contribution >= 0.6 is 11.3 Å². The maximum atomic E-state index is 12.8. The number of rotatable bonds is 7. The Morgan fingerprint density at radius 3 is 2.70 bits per heavy atom. The predicted molar refractivity (Wildman–Crippen MR) is 88.8 cm³/mol. The van der Waals surface area contributed by atoms with Gasteiger partial charge in [0.25, 0.3) is 0 Å². The minimum absolute atomic E-state index is 0.111. The summed E-state index contributed by atoms with van der Waals surface area (Å²) in [6.07, 6.45) is 0.789. The molecule has 132 valence electrons. The number of nitrogens with two attached hydrogens (primary N) is 1. The zero-order valence-electron chi connectivity index (χ0n) is 13.1. The zero-order chi connectivity index (χ0) is 17.3. The summed E-state index contributed by atoms with van der Waals surface area (Å²) >= 11 is 0.740. The average Bonchev–Trinajstić information content (AvgIpc) is 2.90. The first-order chi connectivity index (χ1) is 10.7. The lowest BCUT2D eigenvalue weighted by Gasteiger charge is -2.29. The van der Waals surface area contributed by atoms with Crippen LogP contribution in [0, 0.1) is 0 Å². The lowest BCUT2D eigenvalue weighted by Crippen LogP contribution is -2.35. The van der Waals surface area contributed by atoms with Gasteiger partial charge in [0.2, 0.25) is 10.0 Å². The molecule has 0 bridgehead atoms. The molecule has 0 radical (unpaired) electrons. The van der Waals surface area contributed by atoms with E-state index in [1.807, 2.05) is 13.8 Å². The van der Waals surface area contributed by atoms with Gasteiger partial charge >= 0.3 is 0 Å². The first-order valence-electron chi connectivity index (χ1n) is 7.43. The van der Waals surface area contributed by atoms with Crippen LogP contribution in [-0.4, -0.2) is 41.8 Å². The van der Waals surface area contributed by atoms with Crippen molar-refractivity contribution in [2.75, 3.05) is 19.8 Å². The van der Waals surface area contributed by atoms with Crippen molar-refractivity contribution in [3.05, 3.63) is 11.6 Å². The van der Waals surface area contributed by atoms with Crippen molar-refractivity contribution in [1.29, 1.82) is 0 Å². The molecular formula is C13H22N2O5S3.